The van der Waals surface area contributed by atoms with E-state index in [4.69, 9.17) is 8.83 Å². The van der Waals surface area contributed by atoms with E-state index in [0.717, 1.165) is 71.9 Å². The first-order chi connectivity index (χ1) is 29.7. The molecule has 4 heterocycles. The molecule has 12 rings (SSSR count). The van der Waals surface area contributed by atoms with Crippen molar-refractivity contribution >= 4 is 49.6 Å². The van der Waals surface area contributed by atoms with Crippen molar-refractivity contribution in [3.05, 3.63) is 230 Å². The second kappa shape index (κ2) is 13.9. The zero-order valence-electron chi connectivity index (χ0n) is 32.7. The molecule has 8 aromatic carbocycles. The van der Waals surface area contributed by atoms with E-state index in [0.29, 0.717) is 0 Å². The Hall–Kier alpha value is -7.82. The van der Waals surface area contributed by atoms with E-state index in [9.17, 15) is 0 Å². The van der Waals surface area contributed by atoms with Crippen molar-refractivity contribution in [2.75, 3.05) is 4.90 Å². The average molecular weight is 771 g/mol. The lowest BCUT2D eigenvalue weighted by Crippen LogP contribution is -2.23. The molecule has 284 valence electrons. The van der Waals surface area contributed by atoms with Gasteiger partial charge in [0.15, 0.2) is 0 Å². The molecule has 0 fully saturated rings. The number of anilines is 1. The standard InChI is InChI=1S/C56H38N2O2/c1-3-11-43(12-4-1)57-33-31-45(41-27-29-49-47-15-7-9-17-51(47)59-53(49)35-41)55(57)39-23-19-37(20-24-39)38-21-25-40(26-22-38)56-46(32-34-58(56)44-13-5-2-6-14-44)42-28-30-50-48-16-8-10-18-52(48)60-54(50)36-42/h1-36,45,55H. The molecule has 2 unspecified atom stereocenters. The Balaban J connectivity index is 0.890. The van der Waals surface area contributed by atoms with Gasteiger partial charge in [-0.25, -0.2) is 0 Å². The van der Waals surface area contributed by atoms with E-state index < -0.39 is 0 Å². The molecule has 60 heavy (non-hydrogen) atoms. The van der Waals surface area contributed by atoms with Gasteiger partial charge in [0.1, 0.15) is 22.3 Å². The molecular formula is C56H38N2O2. The molecule has 1 aliphatic heterocycles. The normalized spacial score (nSPS) is 15.2. The molecular weight excluding hydrogens is 733 g/mol. The maximum atomic E-state index is 6.34. The van der Waals surface area contributed by atoms with Crippen molar-refractivity contribution in [3.8, 4) is 39.2 Å². The van der Waals surface area contributed by atoms with Gasteiger partial charge >= 0.3 is 0 Å². The topological polar surface area (TPSA) is 34.5 Å². The first-order valence-electron chi connectivity index (χ1n) is 20.6. The van der Waals surface area contributed by atoms with Gasteiger partial charge in [-0.05, 0) is 94.0 Å². The molecule has 0 bridgehead atoms. The second-order valence-corrected chi connectivity index (χ2v) is 15.7. The Morgan fingerprint density at radius 2 is 0.900 bits per heavy atom. The van der Waals surface area contributed by atoms with Crippen LogP contribution in [-0.2, 0) is 0 Å². The van der Waals surface area contributed by atoms with Crippen LogP contribution >= 0.6 is 0 Å². The van der Waals surface area contributed by atoms with Crippen LogP contribution in [0, 0.1) is 0 Å². The Labute approximate surface area is 347 Å². The van der Waals surface area contributed by atoms with Gasteiger partial charge in [0.2, 0.25) is 0 Å². The number of aromatic nitrogens is 1. The lowest BCUT2D eigenvalue weighted by Gasteiger charge is -2.31. The minimum absolute atomic E-state index is 0.0774. The van der Waals surface area contributed by atoms with Gasteiger partial charge in [0.05, 0.1) is 11.7 Å². The fraction of sp³-hybridized carbons (Fsp3) is 0.0357. The highest BCUT2D eigenvalue weighted by Crippen LogP contribution is 2.46. The molecule has 0 aliphatic carbocycles. The van der Waals surface area contributed by atoms with Crippen LogP contribution < -0.4 is 4.90 Å². The maximum Gasteiger partial charge on any atom is 0.136 e. The number of hydrogen-bond acceptors (Lipinski definition) is 3. The van der Waals surface area contributed by atoms with Gasteiger partial charge in [0.25, 0.3) is 0 Å². The molecule has 0 N–H and O–H groups in total. The monoisotopic (exact) mass is 770 g/mol. The van der Waals surface area contributed by atoms with Gasteiger partial charge in [-0.15, -0.1) is 0 Å². The van der Waals surface area contributed by atoms with E-state index >= 15 is 0 Å². The Morgan fingerprint density at radius 1 is 0.383 bits per heavy atom. The number of para-hydroxylation sites is 4. The summed E-state index contributed by atoms with van der Waals surface area (Å²) in [6.45, 7) is 0. The van der Waals surface area contributed by atoms with Crippen molar-refractivity contribution in [1.82, 2.24) is 4.57 Å². The lowest BCUT2D eigenvalue weighted by atomic mass is 9.87. The first-order valence-corrected chi connectivity index (χ1v) is 20.6. The summed E-state index contributed by atoms with van der Waals surface area (Å²) in [7, 11) is 0. The Morgan fingerprint density at radius 3 is 1.58 bits per heavy atom. The van der Waals surface area contributed by atoms with Crippen LogP contribution in [0.25, 0.3) is 83.1 Å². The Kier molecular flexibility index (Phi) is 7.95. The minimum Gasteiger partial charge on any atom is -0.456 e. The highest BCUT2D eigenvalue weighted by Gasteiger charge is 2.33. The molecule has 0 spiro atoms. The third-order valence-electron chi connectivity index (χ3n) is 12.3. The fourth-order valence-electron chi connectivity index (χ4n) is 9.36. The quantitative estimate of drug-likeness (QED) is 0.162. The van der Waals surface area contributed by atoms with E-state index in [1.165, 1.54) is 27.9 Å². The van der Waals surface area contributed by atoms with Crippen molar-refractivity contribution < 1.29 is 8.83 Å². The number of furan rings is 2. The van der Waals surface area contributed by atoms with Crippen LogP contribution in [0.1, 0.15) is 23.1 Å². The molecule has 4 nitrogen and oxygen atoms in total. The molecule has 0 radical (unpaired) electrons. The summed E-state index contributed by atoms with van der Waals surface area (Å²) < 4.78 is 15.0. The smallest absolute Gasteiger partial charge is 0.136 e. The third kappa shape index (κ3) is 5.68. The summed E-state index contributed by atoms with van der Waals surface area (Å²) >= 11 is 0. The summed E-state index contributed by atoms with van der Waals surface area (Å²) in [6, 6.07) is 71.5. The molecule has 11 aromatic rings. The van der Waals surface area contributed by atoms with Crippen molar-refractivity contribution in [1.29, 1.82) is 0 Å². The van der Waals surface area contributed by atoms with Crippen LogP contribution in [0.2, 0.25) is 0 Å². The van der Waals surface area contributed by atoms with Crippen molar-refractivity contribution in [2.24, 2.45) is 0 Å². The van der Waals surface area contributed by atoms with Crippen molar-refractivity contribution in [2.45, 2.75) is 12.0 Å². The molecule has 0 amide bonds. The van der Waals surface area contributed by atoms with Gasteiger partial charge in [0, 0.05) is 56.8 Å². The van der Waals surface area contributed by atoms with Gasteiger partial charge in [-0.3, -0.25) is 0 Å². The zero-order valence-corrected chi connectivity index (χ0v) is 32.7. The number of hydrogen-bond donors (Lipinski definition) is 0. The van der Waals surface area contributed by atoms with Gasteiger partial charge in [-0.1, -0.05) is 146 Å². The number of nitrogens with zero attached hydrogens (tertiary/aromatic N) is 2. The van der Waals surface area contributed by atoms with Crippen LogP contribution in [0.5, 0.6) is 0 Å². The van der Waals surface area contributed by atoms with Crippen LogP contribution in [0.4, 0.5) is 5.69 Å². The predicted molar refractivity (Wildman–Crippen MR) is 247 cm³/mol. The molecule has 2 atom stereocenters. The third-order valence-corrected chi connectivity index (χ3v) is 12.3. The SMILES string of the molecule is C1=CN(c2ccccc2)C(c2ccc(-c3ccc(-c4c(-c5ccc6c(c5)oc5ccccc56)ccn4-c4ccccc4)cc3)cc2)C1c1ccc2c(c1)oc1ccccc12. The number of rotatable bonds is 7. The van der Waals surface area contributed by atoms with E-state index in [1.54, 1.807) is 0 Å². The second-order valence-electron chi connectivity index (χ2n) is 15.7. The summed E-state index contributed by atoms with van der Waals surface area (Å²) in [6.07, 6.45) is 6.75. The van der Waals surface area contributed by atoms with Crippen molar-refractivity contribution in [3.63, 3.8) is 0 Å². The summed E-state index contributed by atoms with van der Waals surface area (Å²) in [4.78, 5) is 2.41. The largest absolute Gasteiger partial charge is 0.456 e. The van der Waals surface area contributed by atoms with Crippen LogP contribution in [0.3, 0.4) is 0 Å². The summed E-state index contributed by atoms with van der Waals surface area (Å²) in [5.41, 5.74) is 15.3. The molecule has 4 heteroatoms. The lowest BCUT2D eigenvalue weighted by molar-refractivity contribution is 0.651. The average Bonchev–Trinajstić information content (AvgIpc) is 4.12. The highest BCUT2D eigenvalue weighted by atomic mass is 16.3. The van der Waals surface area contributed by atoms with E-state index in [-0.39, 0.29) is 12.0 Å². The maximum absolute atomic E-state index is 6.34. The number of fused-ring (bicyclic) bond motifs is 6. The van der Waals surface area contributed by atoms with E-state index in [2.05, 4.69) is 204 Å². The highest BCUT2D eigenvalue weighted by molar-refractivity contribution is 6.06. The van der Waals surface area contributed by atoms with E-state index in [1.807, 2.05) is 24.3 Å². The fourth-order valence-corrected chi connectivity index (χ4v) is 9.36. The summed E-state index contributed by atoms with van der Waals surface area (Å²) in [5.74, 6) is 0.135. The number of benzene rings is 8. The Bertz CT molecular complexity index is 3370. The first kappa shape index (κ1) is 34.2. The predicted octanol–water partition coefficient (Wildman–Crippen LogP) is 15.1. The zero-order chi connectivity index (χ0) is 39.6. The van der Waals surface area contributed by atoms with Gasteiger partial charge < -0.3 is 18.3 Å². The molecule has 3 aromatic heterocycles. The van der Waals surface area contributed by atoms with Crippen LogP contribution in [-0.4, -0.2) is 4.57 Å². The minimum atomic E-state index is 0.0774. The molecule has 0 saturated carbocycles. The molecule has 1 aliphatic rings. The summed E-state index contributed by atoms with van der Waals surface area (Å²) in [5, 5.41) is 4.57. The molecule has 0 saturated heterocycles. The van der Waals surface area contributed by atoms with Gasteiger partial charge in [-0.2, -0.15) is 0 Å². The van der Waals surface area contributed by atoms with Crippen LogP contribution in [0.15, 0.2) is 227 Å².